The molecular formula is C26H36ClN3O5S. The standard InChI is InChI=1S/C26H36ClN3O5S/c1-5-6-16-28-26(32)20(2)29(19-21-12-14-22(27)15-13-21)25(31)11-8-17-30(36(4,33)34)23-9-7-10-24(18-23)35-3/h7,9-10,12-15,18,20H,5-6,8,11,16-17,19H2,1-4H3,(H,28,32)/t20-/m1/s1. The minimum Gasteiger partial charge on any atom is -0.497 e. The molecule has 0 aliphatic rings. The topological polar surface area (TPSA) is 96.0 Å². The van der Waals surface area contributed by atoms with E-state index in [-0.39, 0.29) is 37.7 Å². The van der Waals surface area contributed by atoms with Gasteiger partial charge in [-0.25, -0.2) is 8.42 Å². The van der Waals surface area contributed by atoms with Crippen molar-refractivity contribution in [3.8, 4) is 5.75 Å². The van der Waals surface area contributed by atoms with E-state index in [1.807, 2.05) is 19.1 Å². The maximum Gasteiger partial charge on any atom is 0.242 e. The number of carbonyl (C=O) groups is 2. The minimum absolute atomic E-state index is 0.0795. The molecule has 0 spiro atoms. The first-order chi connectivity index (χ1) is 17.1. The largest absolute Gasteiger partial charge is 0.497 e. The number of rotatable bonds is 14. The van der Waals surface area contributed by atoms with Gasteiger partial charge in [-0.05, 0) is 49.6 Å². The van der Waals surface area contributed by atoms with Gasteiger partial charge in [0.25, 0.3) is 0 Å². The van der Waals surface area contributed by atoms with Crippen molar-refractivity contribution in [2.75, 3.05) is 30.8 Å². The molecule has 0 bridgehead atoms. The van der Waals surface area contributed by atoms with Crippen LogP contribution in [0.1, 0.15) is 45.1 Å². The average Bonchev–Trinajstić information content (AvgIpc) is 2.85. The van der Waals surface area contributed by atoms with Crippen molar-refractivity contribution in [1.29, 1.82) is 0 Å². The lowest BCUT2D eigenvalue weighted by molar-refractivity contribution is -0.140. The molecular weight excluding hydrogens is 502 g/mol. The van der Waals surface area contributed by atoms with E-state index in [2.05, 4.69) is 5.32 Å². The molecule has 0 heterocycles. The number of hydrogen-bond acceptors (Lipinski definition) is 5. The summed E-state index contributed by atoms with van der Waals surface area (Å²) in [6, 6.07) is 13.2. The zero-order valence-electron chi connectivity index (χ0n) is 21.4. The summed E-state index contributed by atoms with van der Waals surface area (Å²) in [5.41, 5.74) is 1.31. The molecule has 2 amide bonds. The van der Waals surface area contributed by atoms with Crippen molar-refractivity contribution in [2.45, 2.75) is 52.1 Å². The van der Waals surface area contributed by atoms with Gasteiger partial charge in [0.1, 0.15) is 11.8 Å². The van der Waals surface area contributed by atoms with Crippen molar-refractivity contribution in [3.63, 3.8) is 0 Å². The number of halogens is 1. The molecule has 2 rings (SSSR count). The fraction of sp³-hybridized carbons (Fsp3) is 0.462. The normalized spacial score (nSPS) is 12.0. The van der Waals surface area contributed by atoms with Crippen molar-refractivity contribution in [2.24, 2.45) is 0 Å². The van der Waals surface area contributed by atoms with E-state index < -0.39 is 16.1 Å². The van der Waals surface area contributed by atoms with Crippen LogP contribution in [0.15, 0.2) is 48.5 Å². The van der Waals surface area contributed by atoms with Crippen LogP contribution in [-0.4, -0.2) is 57.6 Å². The van der Waals surface area contributed by atoms with Crippen LogP contribution in [0.2, 0.25) is 5.02 Å². The molecule has 0 saturated carbocycles. The van der Waals surface area contributed by atoms with Crippen LogP contribution in [0.3, 0.4) is 0 Å². The third-order valence-corrected chi connectivity index (χ3v) is 7.20. The van der Waals surface area contributed by atoms with E-state index in [0.29, 0.717) is 23.0 Å². The molecule has 36 heavy (non-hydrogen) atoms. The maximum atomic E-state index is 13.3. The monoisotopic (exact) mass is 537 g/mol. The second-order valence-electron chi connectivity index (χ2n) is 8.61. The Morgan fingerprint density at radius 2 is 1.81 bits per heavy atom. The van der Waals surface area contributed by atoms with Gasteiger partial charge >= 0.3 is 0 Å². The number of nitrogens with one attached hydrogen (secondary N) is 1. The van der Waals surface area contributed by atoms with Gasteiger partial charge in [0.2, 0.25) is 21.8 Å². The highest BCUT2D eigenvalue weighted by Gasteiger charge is 2.26. The number of amides is 2. The molecule has 0 unspecified atom stereocenters. The van der Waals surface area contributed by atoms with Gasteiger partial charge in [-0.15, -0.1) is 0 Å². The molecule has 2 aromatic carbocycles. The van der Waals surface area contributed by atoms with Gasteiger partial charge in [-0.2, -0.15) is 0 Å². The number of methoxy groups -OCH3 is 1. The van der Waals surface area contributed by atoms with E-state index in [4.69, 9.17) is 16.3 Å². The highest BCUT2D eigenvalue weighted by Crippen LogP contribution is 2.24. The molecule has 2 aromatic rings. The van der Waals surface area contributed by atoms with Crippen LogP contribution < -0.4 is 14.4 Å². The summed E-state index contributed by atoms with van der Waals surface area (Å²) in [5, 5.41) is 3.47. The molecule has 0 fully saturated rings. The number of hydrogen-bond donors (Lipinski definition) is 1. The number of unbranched alkanes of at least 4 members (excludes halogenated alkanes) is 1. The first kappa shape index (κ1) is 29.5. The van der Waals surface area contributed by atoms with Crippen molar-refractivity contribution in [3.05, 3.63) is 59.1 Å². The molecule has 10 heteroatoms. The lowest BCUT2D eigenvalue weighted by atomic mass is 10.1. The van der Waals surface area contributed by atoms with Gasteiger partial charge in [-0.1, -0.05) is 43.1 Å². The molecule has 8 nitrogen and oxygen atoms in total. The molecule has 1 atom stereocenters. The third-order valence-electron chi connectivity index (χ3n) is 5.76. The van der Waals surface area contributed by atoms with Crippen LogP contribution in [0, 0.1) is 0 Å². The lowest BCUT2D eigenvalue weighted by Gasteiger charge is -2.29. The number of anilines is 1. The van der Waals surface area contributed by atoms with E-state index in [9.17, 15) is 18.0 Å². The molecule has 0 saturated heterocycles. The van der Waals surface area contributed by atoms with Crippen LogP contribution in [0.4, 0.5) is 5.69 Å². The predicted octanol–water partition coefficient (Wildman–Crippen LogP) is 4.23. The highest BCUT2D eigenvalue weighted by molar-refractivity contribution is 7.92. The fourth-order valence-electron chi connectivity index (χ4n) is 3.67. The summed E-state index contributed by atoms with van der Waals surface area (Å²) in [5.74, 6) is 0.0800. The van der Waals surface area contributed by atoms with Crippen LogP contribution in [0.5, 0.6) is 5.75 Å². The van der Waals surface area contributed by atoms with E-state index >= 15 is 0 Å². The smallest absolute Gasteiger partial charge is 0.242 e. The van der Waals surface area contributed by atoms with Crippen molar-refractivity contribution >= 4 is 39.1 Å². The number of sulfonamides is 1. The maximum absolute atomic E-state index is 13.3. The fourth-order valence-corrected chi connectivity index (χ4v) is 4.76. The van der Waals surface area contributed by atoms with Crippen molar-refractivity contribution in [1.82, 2.24) is 10.2 Å². The Hall–Kier alpha value is -2.78. The number of carbonyl (C=O) groups excluding carboxylic acids is 2. The zero-order valence-corrected chi connectivity index (χ0v) is 22.9. The predicted molar refractivity (Wildman–Crippen MR) is 144 cm³/mol. The Morgan fingerprint density at radius 1 is 1.11 bits per heavy atom. The first-order valence-corrected chi connectivity index (χ1v) is 14.2. The minimum atomic E-state index is -3.58. The second-order valence-corrected chi connectivity index (χ2v) is 11.0. The van der Waals surface area contributed by atoms with Crippen LogP contribution in [0.25, 0.3) is 0 Å². The Balaban J connectivity index is 2.15. The summed E-state index contributed by atoms with van der Waals surface area (Å²) in [6.07, 6.45) is 3.30. The zero-order chi connectivity index (χ0) is 26.7. The van der Waals surface area contributed by atoms with Gasteiger partial charge in [-0.3, -0.25) is 13.9 Å². The van der Waals surface area contributed by atoms with Crippen molar-refractivity contribution < 1.29 is 22.7 Å². The highest BCUT2D eigenvalue weighted by atomic mass is 35.5. The molecule has 0 aromatic heterocycles. The molecule has 0 aliphatic heterocycles. The summed E-state index contributed by atoms with van der Waals surface area (Å²) in [6.45, 7) is 4.64. The Morgan fingerprint density at radius 3 is 2.42 bits per heavy atom. The number of nitrogens with zero attached hydrogens (tertiary/aromatic N) is 2. The number of benzene rings is 2. The summed E-state index contributed by atoms with van der Waals surface area (Å²) in [4.78, 5) is 27.6. The Bertz CT molecular complexity index is 1110. The van der Waals surface area contributed by atoms with E-state index in [0.717, 1.165) is 24.7 Å². The quantitative estimate of drug-likeness (QED) is 0.364. The van der Waals surface area contributed by atoms with Gasteiger partial charge in [0.05, 0.1) is 19.1 Å². The van der Waals surface area contributed by atoms with E-state index in [1.54, 1.807) is 43.3 Å². The van der Waals surface area contributed by atoms with Crippen LogP contribution >= 0.6 is 11.6 Å². The second kappa shape index (κ2) is 14.1. The molecule has 198 valence electrons. The Kier molecular flexibility index (Phi) is 11.5. The van der Waals surface area contributed by atoms with Gasteiger partial charge < -0.3 is 15.0 Å². The molecule has 0 radical (unpaired) electrons. The molecule has 1 N–H and O–H groups in total. The number of ether oxygens (including phenoxy) is 1. The summed E-state index contributed by atoms with van der Waals surface area (Å²) >= 11 is 5.99. The summed E-state index contributed by atoms with van der Waals surface area (Å²) in [7, 11) is -2.07. The Labute approximate surface area is 219 Å². The lowest BCUT2D eigenvalue weighted by Crippen LogP contribution is -2.47. The molecule has 0 aliphatic carbocycles. The van der Waals surface area contributed by atoms with E-state index in [1.165, 1.54) is 16.3 Å². The third kappa shape index (κ3) is 9.02. The average molecular weight is 538 g/mol. The van der Waals surface area contributed by atoms with Gasteiger partial charge in [0.15, 0.2) is 0 Å². The SMILES string of the molecule is CCCCNC(=O)[C@@H](C)N(Cc1ccc(Cl)cc1)C(=O)CCCN(c1cccc(OC)c1)S(C)(=O)=O. The van der Waals surface area contributed by atoms with Crippen LogP contribution in [-0.2, 0) is 26.2 Å². The summed E-state index contributed by atoms with van der Waals surface area (Å²) < 4.78 is 31.4. The first-order valence-electron chi connectivity index (χ1n) is 12.0. The van der Waals surface area contributed by atoms with Gasteiger partial charge in [0, 0.05) is 37.1 Å².